The molecule has 4 saturated carbocycles. The van der Waals surface area contributed by atoms with Crippen LogP contribution in [0.25, 0.3) is 0 Å². The molecule has 7 rings (SSSR count). The van der Waals surface area contributed by atoms with Gasteiger partial charge in [-0.1, -0.05) is 37.3 Å². The smallest absolute Gasteiger partial charge is 0.228 e. The van der Waals surface area contributed by atoms with Crippen molar-refractivity contribution in [1.29, 1.82) is 0 Å². The third-order valence-electron chi connectivity index (χ3n) is 9.30. The van der Waals surface area contributed by atoms with E-state index in [1.165, 1.54) is 37.7 Å². The largest absolute Gasteiger partial charge is 0.342 e. The van der Waals surface area contributed by atoms with Gasteiger partial charge in [-0.15, -0.1) is 0 Å². The maximum absolute atomic E-state index is 14.0. The number of amides is 1. The van der Waals surface area contributed by atoms with Crippen LogP contribution in [-0.2, 0) is 10.2 Å². The fraction of sp³-hybridized carbons (Fsp3) is 0.720. The number of piperidine rings is 1. The number of hydrogen-bond acceptors (Lipinski definition) is 2. The Morgan fingerprint density at radius 3 is 2.39 bits per heavy atom. The molecule has 1 spiro atoms. The van der Waals surface area contributed by atoms with Gasteiger partial charge >= 0.3 is 0 Å². The number of hydrogen-bond donors (Lipinski definition) is 1. The van der Waals surface area contributed by atoms with Crippen LogP contribution in [0.4, 0.5) is 0 Å². The van der Waals surface area contributed by atoms with Gasteiger partial charge in [0.15, 0.2) is 0 Å². The lowest BCUT2D eigenvalue weighted by Gasteiger charge is -2.66. The van der Waals surface area contributed by atoms with Crippen molar-refractivity contribution in [3.8, 4) is 0 Å². The first-order chi connectivity index (χ1) is 13.4. The first-order valence-corrected chi connectivity index (χ1v) is 11.5. The third kappa shape index (κ3) is 2.41. The number of carbonyl (C=O) groups is 1. The molecule has 28 heavy (non-hydrogen) atoms. The van der Waals surface area contributed by atoms with Crippen molar-refractivity contribution in [2.24, 2.45) is 22.2 Å². The lowest BCUT2D eigenvalue weighted by atomic mass is 9.38. The monoisotopic (exact) mass is 378 g/mol. The summed E-state index contributed by atoms with van der Waals surface area (Å²) < 4.78 is 0. The van der Waals surface area contributed by atoms with Gasteiger partial charge in [0.25, 0.3) is 0 Å². The summed E-state index contributed by atoms with van der Waals surface area (Å²) in [5, 5.41) is 3.45. The fourth-order valence-corrected chi connectivity index (χ4v) is 8.62. The average molecular weight is 379 g/mol. The van der Waals surface area contributed by atoms with Gasteiger partial charge in [0, 0.05) is 26.2 Å². The molecule has 1 aromatic rings. The van der Waals surface area contributed by atoms with Crippen molar-refractivity contribution in [3.63, 3.8) is 0 Å². The van der Waals surface area contributed by atoms with Gasteiger partial charge < -0.3 is 10.2 Å². The Balaban J connectivity index is 1.31. The predicted molar refractivity (Wildman–Crippen MR) is 111 cm³/mol. The van der Waals surface area contributed by atoms with Crippen LogP contribution >= 0.6 is 0 Å². The molecular formula is C25H34N2O. The highest BCUT2D eigenvalue weighted by Crippen LogP contribution is 2.70. The van der Waals surface area contributed by atoms with Crippen LogP contribution < -0.4 is 5.32 Å². The minimum absolute atomic E-state index is 0.0909. The summed E-state index contributed by atoms with van der Waals surface area (Å²) in [5.74, 6) is 1.25. The molecule has 2 unspecified atom stereocenters. The standard InChI is InChI=1S/C25H34N2O/c1-22-11-19-12-24(14-22,20-5-3-2-4-6-20)16-25(13-19,15-22)21(28)27-9-7-23(8-10-27)17-26-18-23/h2-6,19,26H,7-18H2,1H3/t19?,22-,24-,25?/m1/s1. The predicted octanol–water partition coefficient (Wildman–Crippen LogP) is 4.13. The molecule has 150 valence electrons. The Labute approximate surface area is 169 Å². The van der Waals surface area contributed by atoms with E-state index in [4.69, 9.17) is 0 Å². The van der Waals surface area contributed by atoms with Gasteiger partial charge in [-0.25, -0.2) is 0 Å². The molecule has 6 aliphatic rings. The molecule has 1 N–H and O–H groups in total. The molecule has 3 heteroatoms. The van der Waals surface area contributed by atoms with E-state index in [2.05, 4.69) is 47.5 Å². The summed E-state index contributed by atoms with van der Waals surface area (Å²) >= 11 is 0. The average Bonchev–Trinajstić information content (AvgIpc) is 2.65. The van der Waals surface area contributed by atoms with Crippen LogP contribution in [0, 0.1) is 22.2 Å². The highest BCUT2D eigenvalue weighted by molar-refractivity contribution is 5.84. The summed E-state index contributed by atoms with van der Waals surface area (Å²) in [7, 11) is 0. The Bertz CT molecular complexity index is 792. The van der Waals surface area contributed by atoms with Crippen LogP contribution in [0.1, 0.15) is 63.9 Å². The van der Waals surface area contributed by atoms with E-state index in [0.29, 0.717) is 16.7 Å². The van der Waals surface area contributed by atoms with E-state index < -0.39 is 0 Å². The van der Waals surface area contributed by atoms with Gasteiger partial charge in [-0.2, -0.15) is 0 Å². The van der Waals surface area contributed by atoms with Crippen molar-refractivity contribution < 1.29 is 4.79 Å². The molecule has 0 radical (unpaired) electrons. The SMILES string of the molecule is C[C@]12CC3CC(C(=O)N4CCC5(CC4)CNC5)(C1)C[C@@](c1ccccc1)(C3)C2. The third-order valence-corrected chi connectivity index (χ3v) is 9.30. The number of likely N-dealkylation sites (tertiary alicyclic amines) is 1. The summed E-state index contributed by atoms with van der Waals surface area (Å²) in [6.07, 6.45) is 9.70. The first-order valence-electron chi connectivity index (χ1n) is 11.5. The van der Waals surface area contributed by atoms with Crippen LogP contribution in [0.3, 0.4) is 0 Å². The molecule has 0 aromatic heterocycles. The highest BCUT2D eigenvalue weighted by atomic mass is 16.2. The lowest BCUT2D eigenvalue weighted by Crippen LogP contribution is -2.64. The van der Waals surface area contributed by atoms with Gasteiger partial charge in [-0.3, -0.25) is 4.79 Å². The minimum Gasteiger partial charge on any atom is -0.342 e. The second-order valence-electron chi connectivity index (χ2n) is 11.6. The second kappa shape index (κ2) is 5.62. The number of carbonyl (C=O) groups excluding carboxylic acids is 1. The second-order valence-corrected chi connectivity index (χ2v) is 11.6. The van der Waals surface area contributed by atoms with E-state index in [0.717, 1.165) is 51.4 Å². The van der Waals surface area contributed by atoms with Gasteiger partial charge in [-0.05, 0) is 79.1 Å². The quantitative estimate of drug-likeness (QED) is 0.839. The molecular weight excluding hydrogens is 344 g/mol. The Morgan fingerprint density at radius 1 is 1.00 bits per heavy atom. The van der Waals surface area contributed by atoms with E-state index >= 15 is 0 Å². The number of benzene rings is 1. The number of nitrogens with zero attached hydrogens (tertiary/aromatic N) is 1. The topological polar surface area (TPSA) is 32.3 Å². The van der Waals surface area contributed by atoms with Crippen LogP contribution in [-0.4, -0.2) is 37.0 Å². The summed E-state index contributed by atoms with van der Waals surface area (Å²) in [5.41, 5.74) is 2.50. The highest BCUT2D eigenvalue weighted by Gasteiger charge is 2.65. The Morgan fingerprint density at radius 2 is 1.75 bits per heavy atom. The van der Waals surface area contributed by atoms with Crippen molar-refractivity contribution in [2.45, 2.75) is 63.7 Å². The molecule has 6 fully saturated rings. The minimum atomic E-state index is -0.0909. The molecule has 1 amide bonds. The molecule has 2 aliphatic heterocycles. The molecule has 4 bridgehead atoms. The zero-order chi connectivity index (χ0) is 19.0. The fourth-order valence-electron chi connectivity index (χ4n) is 8.62. The van der Waals surface area contributed by atoms with E-state index in [1.807, 2.05) is 0 Å². The first kappa shape index (κ1) is 17.5. The zero-order valence-electron chi connectivity index (χ0n) is 17.3. The van der Waals surface area contributed by atoms with E-state index in [9.17, 15) is 4.79 Å². The normalized spacial score (nSPS) is 43.2. The van der Waals surface area contributed by atoms with E-state index in [-0.39, 0.29) is 10.8 Å². The summed E-state index contributed by atoms with van der Waals surface area (Å²) in [6, 6.07) is 11.2. The van der Waals surface area contributed by atoms with Crippen LogP contribution in [0.15, 0.2) is 30.3 Å². The van der Waals surface area contributed by atoms with Crippen molar-refractivity contribution in [2.75, 3.05) is 26.2 Å². The van der Waals surface area contributed by atoms with Crippen molar-refractivity contribution in [1.82, 2.24) is 10.2 Å². The van der Waals surface area contributed by atoms with Crippen molar-refractivity contribution in [3.05, 3.63) is 35.9 Å². The Hall–Kier alpha value is -1.35. The number of nitrogens with one attached hydrogen (secondary N) is 1. The van der Waals surface area contributed by atoms with Crippen LogP contribution in [0.5, 0.6) is 0 Å². The van der Waals surface area contributed by atoms with Crippen LogP contribution in [0.2, 0.25) is 0 Å². The molecule has 4 aliphatic carbocycles. The molecule has 2 heterocycles. The Kier molecular flexibility index (Phi) is 3.51. The molecule has 1 aromatic carbocycles. The summed E-state index contributed by atoms with van der Waals surface area (Å²) in [6.45, 7) is 6.79. The molecule has 3 nitrogen and oxygen atoms in total. The van der Waals surface area contributed by atoms with E-state index in [1.54, 1.807) is 0 Å². The van der Waals surface area contributed by atoms with Gasteiger partial charge in [0.2, 0.25) is 5.91 Å². The summed E-state index contributed by atoms with van der Waals surface area (Å²) in [4.78, 5) is 16.3. The maximum atomic E-state index is 14.0. The lowest BCUT2D eigenvalue weighted by molar-refractivity contribution is -0.172. The number of rotatable bonds is 2. The maximum Gasteiger partial charge on any atom is 0.228 e. The van der Waals surface area contributed by atoms with Crippen molar-refractivity contribution >= 4 is 5.91 Å². The van der Waals surface area contributed by atoms with Gasteiger partial charge in [0.1, 0.15) is 0 Å². The molecule has 4 atom stereocenters. The molecule has 2 saturated heterocycles. The zero-order valence-corrected chi connectivity index (χ0v) is 17.3. The van der Waals surface area contributed by atoms with Gasteiger partial charge in [0.05, 0.1) is 5.41 Å².